The fourth-order valence-corrected chi connectivity index (χ4v) is 5.35. The van der Waals surface area contributed by atoms with Crippen LogP contribution in [0.15, 0.2) is 60.0 Å². The number of amides is 3. The molecule has 0 radical (unpaired) electrons. The molecular weight excluding hydrogens is 494 g/mol. The zero-order valence-electron chi connectivity index (χ0n) is 20.9. The van der Waals surface area contributed by atoms with Crippen LogP contribution in [0.1, 0.15) is 42.3 Å². The summed E-state index contributed by atoms with van der Waals surface area (Å²) in [6, 6.07) is 16.4. The summed E-state index contributed by atoms with van der Waals surface area (Å²) in [4.78, 5) is 31.6. The van der Waals surface area contributed by atoms with Gasteiger partial charge in [0.25, 0.3) is 0 Å². The van der Waals surface area contributed by atoms with Gasteiger partial charge in [-0.1, -0.05) is 36.2 Å². The summed E-state index contributed by atoms with van der Waals surface area (Å²) >= 11 is 7.71. The molecule has 0 aliphatic carbocycles. The van der Waals surface area contributed by atoms with Crippen LogP contribution < -0.4 is 10.1 Å². The number of nitrogens with one attached hydrogen (secondary N) is 1. The van der Waals surface area contributed by atoms with Gasteiger partial charge in [-0.15, -0.1) is 11.3 Å². The van der Waals surface area contributed by atoms with Gasteiger partial charge in [-0.2, -0.15) is 0 Å². The Balaban J connectivity index is 1.50. The van der Waals surface area contributed by atoms with Gasteiger partial charge in [-0.3, -0.25) is 4.79 Å². The van der Waals surface area contributed by atoms with Crippen molar-refractivity contribution in [2.45, 2.75) is 45.7 Å². The molecule has 4 rings (SSSR count). The lowest BCUT2D eigenvalue weighted by Gasteiger charge is -2.38. The lowest BCUT2D eigenvalue weighted by molar-refractivity contribution is -0.135. The second-order valence-corrected chi connectivity index (χ2v) is 10.5. The smallest absolute Gasteiger partial charge is 0.322 e. The highest BCUT2D eigenvalue weighted by Crippen LogP contribution is 2.34. The molecule has 0 unspecified atom stereocenters. The molecule has 1 aliphatic heterocycles. The zero-order valence-corrected chi connectivity index (χ0v) is 22.4. The minimum absolute atomic E-state index is 0.00359. The summed E-state index contributed by atoms with van der Waals surface area (Å²) in [5, 5.41) is 5.66. The molecule has 0 bridgehead atoms. The fraction of sp³-hybridized carbons (Fsp3) is 0.357. The minimum atomic E-state index is -0.274. The Kier molecular flexibility index (Phi) is 8.54. The average Bonchev–Trinajstić information content (AvgIpc) is 3.36. The van der Waals surface area contributed by atoms with Gasteiger partial charge in [0.2, 0.25) is 5.91 Å². The third-order valence-electron chi connectivity index (χ3n) is 6.63. The Bertz CT molecular complexity index is 1180. The van der Waals surface area contributed by atoms with E-state index in [0.717, 1.165) is 24.0 Å². The van der Waals surface area contributed by atoms with Gasteiger partial charge in [-0.25, -0.2) is 4.79 Å². The van der Waals surface area contributed by atoms with Gasteiger partial charge in [0.15, 0.2) is 0 Å². The maximum atomic E-state index is 13.7. The Labute approximate surface area is 221 Å². The van der Waals surface area contributed by atoms with Crippen molar-refractivity contribution in [3.05, 3.63) is 81.0 Å². The van der Waals surface area contributed by atoms with E-state index < -0.39 is 0 Å². The predicted molar refractivity (Wildman–Crippen MR) is 146 cm³/mol. The summed E-state index contributed by atoms with van der Waals surface area (Å²) < 4.78 is 6.08. The van der Waals surface area contributed by atoms with E-state index in [1.54, 1.807) is 28.4 Å². The van der Waals surface area contributed by atoms with E-state index in [4.69, 9.17) is 16.3 Å². The van der Waals surface area contributed by atoms with Gasteiger partial charge < -0.3 is 19.9 Å². The third kappa shape index (κ3) is 6.20. The minimum Gasteiger partial charge on any atom is -0.491 e. The fourth-order valence-electron chi connectivity index (χ4n) is 4.30. The van der Waals surface area contributed by atoms with E-state index in [1.165, 1.54) is 4.88 Å². The Morgan fingerprint density at radius 3 is 2.58 bits per heavy atom. The highest BCUT2D eigenvalue weighted by molar-refractivity contribution is 7.10. The number of halogens is 1. The maximum absolute atomic E-state index is 13.7. The van der Waals surface area contributed by atoms with Crippen molar-refractivity contribution in [3.63, 3.8) is 0 Å². The number of rotatable bonds is 8. The number of hydrogen-bond donors (Lipinski definition) is 1. The number of hydrogen-bond acceptors (Lipinski definition) is 4. The Hall–Kier alpha value is -3.03. The molecule has 36 heavy (non-hydrogen) atoms. The molecule has 2 aromatic carbocycles. The number of urea groups is 1. The number of aryl methyl sites for hydroxylation is 1. The topological polar surface area (TPSA) is 61.9 Å². The second-order valence-electron chi connectivity index (χ2n) is 9.10. The van der Waals surface area contributed by atoms with E-state index in [0.29, 0.717) is 29.6 Å². The number of anilines is 1. The first-order chi connectivity index (χ1) is 17.4. The monoisotopic (exact) mass is 525 g/mol. The summed E-state index contributed by atoms with van der Waals surface area (Å²) in [6.07, 6.45) is 1.54. The van der Waals surface area contributed by atoms with Crippen LogP contribution in [0.25, 0.3) is 0 Å². The SMILES string of the molecule is CC[C@H](C)N(CC(=O)N1CCc2sccc2[C@H]1COc1ccc(Cl)cc1)C(=O)Nc1ccc(C)cc1. The van der Waals surface area contributed by atoms with Gasteiger partial charge in [0.05, 0.1) is 6.04 Å². The molecule has 0 spiro atoms. The van der Waals surface area contributed by atoms with Crippen LogP contribution in [0, 0.1) is 6.92 Å². The molecule has 0 fully saturated rings. The first-order valence-corrected chi connectivity index (χ1v) is 13.5. The number of benzene rings is 2. The van der Waals surface area contributed by atoms with E-state index in [-0.39, 0.29) is 30.6 Å². The van der Waals surface area contributed by atoms with Gasteiger partial charge in [-0.05, 0) is 80.1 Å². The first kappa shape index (κ1) is 26.0. The van der Waals surface area contributed by atoms with E-state index in [1.807, 2.05) is 62.1 Å². The number of carbonyl (C=O) groups is 2. The number of thiophene rings is 1. The van der Waals surface area contributed by atoms with Crippen LogP contribution in [0.3, 0.4) is 0 Å². The van der Waals surface area contributed by atoms with Gasteiger partial charge in [0, 0.05) is 28.2 Å². The molecule has 190 valence electrons. The van der Waals surface area contributed by atoms with Crippen LogP contribution in [0.5, 0.6) is 5.75 Å². The van der Waals surface area contributed by atoms with Crippen LogP contribution in [0.4, 0.5) is 10.5 Å². The number of carbonyl (C=O) groups excluding carboxylic acids is 2. The second kappa shape index (κ2) is 11.8. The standard InChI is InChI=1S/C28H32ClN3O3S/c1-4-20(3)32(28(34)30-22-9-5-19(2)6-10-22)17-27(33)31-15-13-26-24(14-16-36-26)25(31)18-35-23-11-7-21(29)8-12-23/h5-12,14,16,20,25H,4,13,15,17-18H2,1-3H3,(H,30,34)/t20-,25+/m0/s1. The van der Waals surface area contributed by atoms with Crippen molar-refractivity contribution in [2.75, 3.05) is 25.0 Å². The van der Waals surface area contributed by atoms with Crippen molar-refractivity contribution < 1.29 is 14.3 Å². The lowest BCUT2D eigenvalue weighted by atomic mass is 10.00. The molecule has 3 amide bonds. The summed E-state index contributed by atoms with van der Waals surface area (Å²) in [6.45, 7) is 6.91. The summed E-state index contributed by atoms with van der Waals surface area (Å²) in [7, 11) is 0. The summed E-state index contributed by atoms with van der Waals surface area (Å²) in [5.41, 5.74) is 2.95. The third-order valence-corrected chi connectivity index (χ3v) is 7.88. The molecule has 1 N–H and O–H groups in total. The first-order valence-electron chi connectivity index (χ1n) is 12.2. The molecular formula is C28H32ClN3O3S. The van der Waals surface area contributed by atoms with Crippen molar-refractivity contribution in [3.8, 4) is 5.75 Å². The lowest BCUT2D eigenvalue weighted by Crippen LogP contribution is -2.50. The molecule has 2 heterocycles. The summed E-state index contributed by atoms with van der Waals surface area (Å²) in [5.74, 6) is 0.615. The molecule has 3 aromatic rings. The average molecular weight is 526 g/mol. The molecule has 0 saturated carbocycles. The van der Waals surface area contributed by atoms with Crippen molar-refractivity contribution in [1.29, 1.82) is 0 Å². The van der Waals surface area contributed by atoms with Crippen LogP contribution in [-0.2, 0) is 11.2 Å². The maximum Gasteiger partial charge on any atom is 0.322 e. The highest BCUT2D eigenvalue weighted by atomic mass is 35.5. The molecule has 2 atom stereocenters. The Morgan fingerprint density at radius 2 is 1.89 bits per heavy atom. The zero-order chi connectivity index (χ0) is 25.7. The van der Waals surface area contributed by atoms with Crippen LogP contribution >= 0.6 is 22.9 Å². The molecule has 1 aromatic heterocycles. The van der Waals surface area contributed by atoms with Crippen molar-refractivity contribution in [1.82, 2.24) is 9.80 Å². The molecule has 1 aliphatic rings. The normalized spacial score (nSPS) is 15.7. The van der Waals surface area contributed by atoms with Gasteiger partial charge >= 0.3 is 6.03 Å². The number of ether oxygens (including phenoxy) is 1. The Morgan fingerprint density at radius 1 is 1.17 bits per heavy atom. The van der Waals surface area contributed by atoms with Crippen LogP contribution in [-0.4, -0.2) is 47.5 Å². The molecule has 0 saturated heterocycles. The van der Waals surface area contributed by atoms with E-state index in [2.05, 4.69) is 16.8 Å². The number of nitrogens with zero attached hydrogens (tertiary/aromatic N) is 2. The van der Waals surface area contributed by atoms with Crippen LogP contribution in [0.2, 0.25) is 5.02 Å². The number of fused-ring (bicyclic) bond motifs is 1. The predicted octanol–water partition coefficient (Wildman–Crippen LogP) is 6.55. The molecule has 8 heteroatoms. The van der Waals surface area contributed by atoms with Crippen molar-refractivity contribution >= 4 is 40.6 Å². The quantitative estimate of drug-likeness (QED) is 0.363. The van der Waals surface area contributed by atoms with E-state index in [9.17, 15) is 9.59 Å². The largest absolute Gasteiger partial charge is 0.491 e. The van der Waals surface area contributed by atoms with Gasteiger partial charge in [0.1, 0.15) is 18.9 Å². The van der Waals surface area contributed by atoms with Crippen molar-refractivity contribution in [2.24, 2.45) is 0 Å². The molecule has 6 nitrogen and oxygen atoms in total. The highest BCUT2D eigenvalue weighted by Gasteiger charge is 2.34. The van der Waals surface area contributed by atoms with E-state index >= 15 is 0 Å².